The highest BCUT2D eigenvalue weighted by molar-refractivity contribution is 7.94. The van der Waals surface area contributed by atoms with E-state index in [1.54, 1.807) is 30.0 Å². The highest BCUT2D eigenvalue weighted by Gasteiger charge is 2.44. The molecule has 0 N–H and O–H groups in total. The number of ketones is 1. The summed E-state index contributed by atoms with van der Waals surface area (Å²) in [6, 6.07) is 11.7. The minimum atomic E-state index is -3.16. The van der Waals surface area contributed by atoms with Gasteiger partial charge in [0.2, 0.25) is 0 Å². The number of amides is 1. The van der Waals surface area contributed by atoms with Gasteiger partial charge in [0.05, 0.1) is 45.1 Å². The fourth-order valence-corrected chi connectivity index (χ4v) is 11.1. The van der Waals surface area contributed by atoms with Gasteiger partial charge in [-0.05, 0) is 112 Å². The molecule has 0 unspecified atom stereocenters. The number of allylic oxidation sites excluding steroid dienone is 1. The second-order valence-electron chi connectivity index (χ2n) is 14.5. The molecule has 2 aliphatic heterocycles. The number of benzene rings is 2. The van der Waals surface area contributed by atoms with Gasteiger partial charge in [0, 0.05) is 53.3 Å². The van der Waals surface area contributed by atoms with Crippen molar-refractivity contribution in [1.29, 1.82) is 0 Å². The van der Waals surface area contributed by atoms with Crippen LogP contribution < -0.4 is 9.64 Å². The van der Waals surface area contributed by atoms with Crippen LogP contribution in [0.25, 0.3) is 0 Å². The molecule has 0 radical (unpaired) electrons. The van der Waals surface area contributed by atoms with Crippen molar-refractivity contribution in [2.75, 3.05) is 43.2 Å². The van der Waals surface area contributed by atoms with Crippen molar-refractivity contribution in [2.45, 2.75) is 76.2 Å². The second-order valence-corrected chi connectivity index (χ2v) is 18.4. The van der Waals surface area contributed by atoms with Crippen LogP contribution in [0.2, 0.25) is 5.02 Å². The first-order chi connectivity index (χ1) is 24.1. The highest BCUT2D eigenvalue weighted by atomic mass is 35.5. The minimum absolute atomic E-state index is 0.0198. The van der Waals surface area contributed by atoms with E-state index in [9.17, 15) is 13.8 Å². The van der Waals surface area contributed by atoms with Crippen molar-refractivity contribution in [2.24, 2.45) is 16.2 Å². The van der Waals surface area contributed by atoms with Crippen molar-refractivity contribution >= 4 is 50.0 Å². The van der Waals surface area contributed by atoms with Crippen LogP contribution in [-0.4, -0.2) is 65.3 Å². The lowest BCUT2D eigenvalue weighted by Crippen LogP contribution is -2.49. The van der Waals surface area contributed by atoms with Gasteiger partial charge >= 0.3 is 0 Å². The zero-order valence-electron chi connectivity index (χ0n) is 28.9. The molecular formula is C39H46ClN3O5S2. The Hall–Kier alpha value is -3.05. The average Bonchev–Trinajstić information content (AvgIpc) is 3.43. The number of hydrogen-bond acceptors (Lipinski definition) is 8. The molecule has 1 amide bonds. The van der Waals surface area contributed by atoms with E-state index in [2.05, 4.69) is 38.5 Å². The van der Waals surface area contributed by atoms with Gasteiger partial charge in [-0.2, -0.15) is 4.36 Å². The zero-order valence-corrected chi connectivity index (χ0v) is 31.3. The molecule has 3 heterocycles. The van der Waals surface area contributed by atoms with Gasteiger partial charge in [-0.15, -0.1) is 11.3 Å². The van der Waals surface area contributed by atoms with Crippen LogP contribution in [0.4, 0.5) is 5.69 Å². The lowest BCUT2D eigenvalue weighted by Gasteiger charge is -2.46. The number of carbonyl (C=O) groups is 2. The number of carbonyl (C=O) groups excluding carboxylic acids is 2. The number of anilines is 1. The molecule has 5 atom stereocenters. The summed E-state index contributed by atoms with van der Waals surface area (Å²) < 4.78 is 31.4. The van der Waals surface area contributed by atoms with Crippen LogP contribution in [-0.2, 0) is 37.5 Å². The Kier molecular flexibility index (Phi) is 10.5. The molecule has 50 heavy (non-hydrogen) atoms. The van der Waals surface area contributed by atoms with E-state index < -0.39 is 15.6 Å². The maximum atomic E-state index is 14.4. The quantitative estimate of drug-likeness (QED) is 0.239. The third-order valence-corrected chi connectivity index (χ3v) is 14.4. The monoisotopic (exact) mass is 735 g/mol. The van der Waals surface area contributed by atoms with Gasteiger partial charge < -0.3 is 14.4 Å². The molecule has 11 heteroatoms. The lowest BCUT2D eigenvalue weighted by atomic mass is 9.68. The Morgan fingerprint density at radius 3 is 2.86 bits per heavy atom. The summed E-state index contributed by atoms with van der Waals surface area (Å²) in [5, 5.41) is 0.749. The highest BCUT2D eigenvalue weighted by Crippen LogP contribution is 2.47. The number of ether oxygens (including phenoxy) is 2. The normalized spacial score (nSPS) is 28.7. The van der Waals surface area contributed by atoms with E-state index in [-0.39, 0.29) is 35.2 Å². The Morgan fingerprint density at radius 2 is 2.08 bits per heavy atom. The Bertz CT molecular complexity index is 1920. The Balaban J connectivity index is 1.24. The van der Waals surface area contributed by atoms with E-state index >= 15 is 0 Å². The maximum Gasteiger partial charge on any atom is 0.285 e. The molecule has 1 saturated carbocycles. The summed E-state index contributed by atoms with van der Waals surface area (Å²) in [5.74, 6) is 0.709. The second kappa shape index (κ2) is 14.9. The standard InChI is InChI=1S/C39H46ClN3O5S2/c1-26-34(41-25-49-26)15-12-31(44)22-50(46)18-5-3-4-8-36(47-2)32-13-9-29(32)21-43-23-39(17-6-7-27-19-30(40)11-14-33(27)39)24-48-37-16-10-28(20-35(37)43)38(45)42-50/h4,8,10-11,14,16,19-20,25,29,32,36H,3,5-7,9,12-13,15,17-18,21-24H2,1-2H3/b8-4+/t29-,32+,36-,39-,50+/m0/s1. The SMILES string of the molecule is CO[C@H]1/C=C/CCC[S@@](=O)(CC(=O)CCc2ncsc2C)=NC(=O)c2ccc3c(c2)N(C[C@@H]2CC[C@H]21)C[C@@]1(CCCc2cc(Cl)ccc21)CO3. The number of thiazole rings is 1. The van der Waals surface area contributed by atoms with Crippen LogP contribution in [0.1, 0.15) is 77.0 Å². The van der Waals surface area contributed by atoms with Crippen LogP contribution >= 0.6 is 22.9 Å². The average molecular weight is 736 g/mol. The predicted octanol–water partition coefficient (Wildman–Crippen LogP) is 7.78. The minimum Gasteiger partial charge on any atom is -0.490 e. The number of Topliss-reactive ketones (excluding diaryl/α,β-unsaturated/α-hetero) is 1. The van der Waals surface area contributed by atoms with Crippen molar-refractivity contribution < 1.29 is 23.3 Å². The van der Waals surface area contributed by atoms with Crippen LogP contribution in [0.15, 0.2) is 58.4 Å². The number of fused-ring (bicyclic) bond motifs is 4. The van der Waals surface area contributed by atoms with E-state index in [0.29, 0.717) is 43.3 Å². The molecule has 0 saturated heterocycles. The molecule has 1 fully saturated rings. The summed E-state index contributed by atoms with van der Waals surface area (Å²) in [5.41, 5.74) is 6.19. The smallest absolute Gasteiger partial charge is 0.285 e. The maximum absolute atomic E-state index is 14.4. The topological polar surface area (TPSA) is 98.2 Å². The fraction of sp³-hybridized carbons (Fsp3) is 0.513. The van der Waals surface area contributed by atoms with Crippen LogP contribution in [0, 0.1) is 18.8 Å². The number of hydrogen-bond donors (Lipinski definition) is 0. The number of aromatic nitrogens is 1. The van der Waals surface area contributed by atoms with Gasteiger partial charge in [-0.25, -0.2) is 9.19 Å². The van der Waals surface area contributed by atoms with Gasteiger partial charge in [-0.3, -0.25) is 9.59 Å². The number of nitrogens with zero attached hydrogens (tertiary/aromatic N) is 3. The van der Waals surface area contributed by atoms with Crippen molar-refractivity contribution in [1.82, 2.24) is 4.98 Å². The van der Waals surface area contributed by atoms with E-state index in [1.807, 2.05) is 25.1 Å². The molecular weight excluding hydrogens is 690 g/mol. The largest absolute Gasteiger partial charge is 0.490 e. The van der Waals surface area contributed by atoms with E-state index in [1.165, 1.54) is 11.1 Å². The first kappa shape index (κ1) is 35.4. The molecule has 1 spiro atoms. The van der Waals surface area contributed by atoms with Crippen LogP contribution in [0.5, 0.6) is 5.75 Å². The summed E-state index contributed by atoms with van der Waals surface area (Å²) in [6.07, 6.45) is 11.4. The van der Waals surface area contributed by atoms with E-state index in [4.69, 9.17) is 21.1 Å². The summed E-state index contributed by atoms with van der Waals surface area (Å²) >= 11 is 8.00. The number of halogens is 1. The fourth-order valence-electron chi connectivity index (χ4n) is 8.34. The molecule has 8 nitrogen and oxygen atoms in total. The summed E-state index contributed by atoms with van der Waals surface area (Å²) in [6.45, 7) is 4.05. The van der Waals surface area contributed by atoms with Crippen molar-refractivity contribution in [3.05, 3.63) is 86.3 Å². The molecule has 7 rings (SSSR count). The summed E-state index contributed by atoms with van der Waals surface area (Å²) in [7, 11) is -1.38. The van der Waals surface area contributed by atoms with Crippen LogP contribution in [0.3, 0.4) is 0 Å². The molecule has 3 aromatic rings. The number of methoxy groups -OCH3 is 1. The van der Waals surface area contributed by atoms with Gasteiger partial charge in [-0.1, -0.05) is 29.8 Å². The van der Waals surface area contributed by atoms with Crippen molar-refractivity contribution in [3.63, 3.8) is 0 Å². The van der Waals surface area contributed by atoms with E-state index in [0.717, 1.165) is 72.2 Å². The summed E-state index contributed by atoms with van der Waals surface area (Å²) in [4.78, 5) is 35.0. The first-order valence-electron chi connectivity index (χ1n) is 17.8. The first-order valence-corrected chi connectivity index (χ1v) is 20.9. The van der Waals surface area contributed by atoms with Gasteiger partial charge in [0.15, 0.2) is 0 Å². The van der Waals surface area contributed by atoms with Gasteiger partial charge in [0.25, 0.3) is 5.91 Å². The molecule has 2 aromatic carbocycles. The molecule has 1 aromatic heterocycles. The Morgan fingerprint density at radius 1 is 1.20 bits per heavy atom. The zero-order chi connectivity index (χ0) is 34.9. The predicted molar refractivity (Wildman–Crippen MR) is 200 cm³/mol. The number of aryl methyl sites for hydroxylation is 3. The lowest BCUT2D eigenvalue weighted by molar-refractivity contribution is -0.116. The third kappa shape index (κ3) is 7.45. The molecule has 4 aliphatic rings. The van der Waals surface area contributed by atoms with Crippen molar-refractivity contribution in [3.8, 4) is 5.75 Å². The van der Waals surface area contributed by atoms with Gasteiger partial charge in [0.1, 0.15) is 11.5 Å². The Labute approximate surface area is 304 Å². The number of rotatable bonds is 6. The third-order valence-electron chi connectivity index (χ3n) is 11.2. The molecule has 2 bridgehead atoms. The molecule has 2 aliphatic carbocycles. The molecule has 266 valence electrons.